The molecule has 3 aromatic heterocycles. The minimum absolute atomic E-state index is 0.0994. The lowest BCUT2D eigenvalue weighted by molar-refractivity contribution is 0.0422. The number of carbonyl (C=O) groups is 2. The fraction of sp³-hybridized carbons (Fsp3) is 0.250. The van der Waals surface area contributed by atoms with E-state index in [0.717, 1.165) is 5.56 Å². The van der Waals surface area contributed by atoms with Crippen LogP contribution in [-0.4, -0.2) is 26.9 Å². The number of thiophene rings is 1. The lowest BCUT2D eigenvalue weighted by Gasteiger charge is -2.01. The minimum Gasteiger partial charge on any atom is -0.451 e. The standard InChI is InChI=1S/C16H15N3O4S/c1-8-13(10(3)20)9(2)17-14(8)16(21)22-6-12-18-15(19-23-12)11-4-5-24-7-11/h4-5,7,17H,6H2,1-3H3. The molecule has 0 fully saturated rings. The summed E-state index contributed by atoms with van der Waals surface area (Å²) in [6.45, 7) is 4.77. The molecule has 8 heteroatoms. The highest BCUT2D eigenvalue weighted by Crippen LogP contribution is 2.21. The second-order valence-corrected chi connectivity index (χ2v) is 6.06. The van der Waals surface area contributed by atoms with Gasteiger partial charge in [-0.1, -0.05) is 5.16 Å². The van der Waals surface area contributed by atoms with Crippen LogP contribution in [0.1, 0.15) is 44.9 Å². The number of carbonyl (C=O) groups excluding carboxylic acids is 2. The van der Waals surface area contributed by atoms with Gasteiger partial charge in [-0.2, -0.15) is 16.3 Å². The van der Waals surface area contributed by atoms with E-state index < -0.39 is 5.97 Å². The molecule has 0 radical (unpaired) electrons. The third-order valence-electron chi connectivity index (χ3n) is 3.57. The zero-order valence-electron chi connectivity index (χ0n) is 13.4. The molecule has 0 aliphatic heterocycles. The van der Waals surface area contributed by atoms with E-state index in [1.165, 1.54) is 18.3 Å². The molecule has 3 heterocycles. The summed E-state index contributed by atoms with van der Waals surface area (Å²) < 4.78 is 10.3. The molecule has 0 amide bonds. The Balaban J connectivity index is 1.70. The number of nitrogens with one attached hydrogen (secondary N) is 1. The molecule has 0 bridgehead atoms. The SMILES string of the molecule is CC(=O)c1c(C)[nH]c(C(=O)OCc2nc(-c3ccsc3)no2)c1C. The van der Waals surface area contributed by atoms with E-state index >= 15 is 0 Å². The minimum atomic E-state index is -0.571. The molecule has 0 aromatic carbocycles. The van der Waals surface area contributed by atoms with E-state index in [1.54, 1.807) is 13.8 Å². The van der Waals surface area contributed by atoms with Crippen molar-refractivity contribution in [1.29, 1.82) is 0 Å². The normalized spacial score (nSPS) is 10.8. The number of ketones is 1. The van der Waals surface area contributed by atoms with Gasteiger partial charge >= 0.3 is 5.97 Å². The van der Waals surface area contributed by atoms with Crippen LogP contribution in [0.3, 0.4) is 0 Å². The molecule has 3 aromatic rings. The predicted molar refractivity (Wildman–Crippen MR) is 87.0 cm³/mol. The van der Waals surface area contributed by atoms with Gasteiger partial charge < -0.3 is 14.2 Å². The van der Waals surface area contributed by atoms with E-state index in [0.29, 0.717) is 22.6 Å². The van der Waals surface area contributed by atoms with Crippen molar-refractivity contribution in [3.8, 4) is 11.4 Å². The van der Waals surface area contributed by atoms with Crippen LogP contribution in [0, 0.1) is 13.8 Å². The summed E-state index contributed by atoms with van der Waals surface area (Å²) in [5.41, 5.74) is 2.84. The Bertz CT molecular complexity index is 893. The molecule has 0 aliphatic carbocycles. The number of H-pyrrole nitrogens is 1. The van der Waals surface area contributed by atoms with Gasteiger partial charge in [0.15, 0.2) is 12.4 Å². The van der Waals surface area contributed by atoms with Gasteiger partial charge in [0.1, 0.15) is 5.69 Å². The molecule has 3 rings (SSSR count). The van der Waals surface area contributed by atoms with Gasteiger partial charge in [0.2, 0.25) is 5.82 Å². The Labute approximate surface area is 141 Å². The molecular formula is C16H15N3O4S. The monoisotopic (exact) mass is 345 g/mol. The number of Topliss-reactive ketones (excluding diaryl/α,β-unsaturated/α-hetero) is 1. The maximum Gasteiger partial charge on any atom is 0.355 e. The second-order valence-electron chi connectivity index (χ2n) is 5.28. The molecule has 0 spiro atoms. The van der Waals surface area contributed by atoms with Gasteiger partial charge in [0, 0.05) is 22.2 Å². The van der Waals surface area contributed by atoms with Gasteiger partial charge in [0.25, 0.3) is 5.89 Å². The molecular weight excluding hydrogens is 330 g/mol. The number of hydrogen-bond donors (Lipinski definition) is 1. The number of esters is 1. The van der Waals surface area contributed by atoms with Crippen molar-refractivity contribution in [3.05, 3.63) is 45.2 Å². The van der Waals surface area contributed by atoms with Crippen LogP contribution < -0.4 is 0 Å². The molecule has 0 atom stereocenters. The van der Waals surface area contributed by atoms with Crippen LogP contribution >= 0.6 is 11.3 Å². The number of aryl methyl sites for hydroxylation is 1. The number of aromatic nitrogens is 3. The van der Waals surface area contributed by atoms with Gasteiger partial charge in [0.05, 0.1) is 0 Å². The zero-order chi connectivity index (χ0) is 17.3. The van der Waals surface area contributed by atoms with Crippen molar-refractivity contribution in [1.82, 2.24) is 15.1 Å². The van der Waals surface area contributed by atoms with E-state index in [-0.39, 0.29) is 24.0 Å². The lowest BCUT2D eigenvalue weighted by atomic mass is 10.1. The van der Waals surface area contributed by atoms with E-state index in [1.807, 2.05) is 16.8 Å². The van der Waals surface area contributed by atoms with Crippen molar-refractivity contribution >= 4 is 23.1 Å². The van der Waals surface area contributed by atoms with Crippen molar-refractivity contribution in [2.24, 2.45) is 0 Å². The highest BCUT2D eigenvalue weighted by molar-refractivity contribution is 7.08. The fourth-order valence-electron chi connectivity index (χ4n) is 2.50. The van der Waals surface area contributed by atoms with Crippen LogP contribution in [0.4, 0.5) is 0 Å². The first-order valence-corrected chi connectivity index (χ1v) is 8.14. The zero-order valence-corrected chi connectivity index (χ0v) is 14.2. The smallest absolute Gasteiger partial charge is 0.355 e. The Morgan fingerprint density at radius 2 is 2.17 bits per heavy atom. The molecule has 1 N–H and O–H groups in total. The van der Waals surface area contributed by atoms with Gasteiger partial charge in [-0.25, -0.2) is 4.79 Å². The van der Waals surface area contributed by atoms with Gasteiger partial charge in [-0.05, 0) is 37.8 Å². The van der Waals surface area contributed by atoms with Gasteiger partial charge in [-0.15, -0.1) is 0 Å². The fourth-order valence-corrected chi connectivity index (χ4v) is 3.14. The molecule has 0 unspecified atom stereocenters. The molecule has 0 saturated heterocycles. The largest absolute Gasteiger partial charge is 0.451 e. The molecule has 7 nitrogen and oxygen atoms in total. The van der Waals surface area contributed by atoms with Gasteiger partial charge in [-0.3, -0.25) is 4.79 Å². The van der Waals surface area contributed by atoms with Crippen LogP contribution in [-0.2, 0) is 11.3 Å². The van der Waals surface area contributed by atoms with Crippen molar-refractivity contribution in [3.63, 3.8) is 0 Å². The Morgan fingerprint density at radius 3 is 2.79 bits per heavy atom. The predicted octanol–water partition coefficient (Wildman–Crippen LogP) is 3.30. The maximum absolute atomic E-state index is 12.2. The first kappa shape index (κ1) is 16.1. The number of ether oxygens (including phenoxy) is 1. The average Bonchev–Trinajstić information content (AvgIpc) is 3.24. The third kappa shape index (κ3) is 3.00. The van der Waals surface area contributed by atoms with Crippen LogP contribution in [0.2, 0.25) is 0 Å². The van der Waals surface area contributed by atoms with Crippen molar-refractivity contribution in [2.45, 2.75) is 27.4 Å². The first-order valence-electron chi connectivity index (χ1n) is 7.19. The van der Waals surface area contributed by atoms with E-state index in [9.17, 15) is 9.59 Å². The maximum atomic E-state index is 12.2. The molecule has 0 aliphatic rings. The van der Waals surface area contributed by atoms with E-state index in [2.05, 4.69) is 15.1 Å². The highest BCUT2D eigenvalue weighted by atomic mass is 32.1. The van der Waals surface area contributed by atoms with Crippen molar-refractivity contribution < 1.29 is 18.8 Å². The summed E-state index contributed by atoms with van der Waals surface area (Å²) in [5, 5.41) is 7.65. The third-order valence-corrected chi connectivity index (χ3v) is 4.25. The number of rotatable bonds is 5. The summed E-state index contributed by atoms with van der Waals surface area (Å²) in [6.07, 6.45) is 0. The quantitative estimate of drug-likeness (QED) is 0.563. The van der Waals surface area contributed by atoms with Crippen LogP contribution in [0.25, 0.3) is 11.4 Å². The summed E-state index contributed by atoms with van der Waals surface area (Å²) in [6, 6.07) is 1.87. The number of nitrogens with zero attached hydrogens (tertiary/aromatic N) is 2. The average molecular weight is 345 g/mol. The first-order chi connectivity index (χ1) is 11.5. The van der Waals surface area contributed by atoms with Crippen LogP contribution in [0.15, 0.2) is 21.3 Å². The summed E-state index contributed by atoms with van der Waals surface area (Å²) in [7, 11) is 0. The Kier molecular flexibility index (Phi) is 4.30. The number of hydrogen-bond acceptors (Lipinski definition) is 7. The summed E-state index contributed by atoms with van der Waals surface area (Å²) in [4.78, 5) is 30.9. The summed E-state index contributed by atoms with van der Waals surface area (Å²) in [5.74, 6) is -0.0127. The Hall–Kier alpha value is -2.74. The lowest BCUT2D eigenvalue weighted by Crippen LogP contribution is -2.08. The second kappa shape index (κ2) is 6.40. The topological polar surface area (TPSA) is 98.1 Å². The van der Waals surface area contributed by atoms with Crippen LogP contribution in [0.5, 0.6) is 0 Å². The Morgan fingerprint density at radius 1 is 1.38 bits per heavy atom. The summed E-state index contributed by atoms with van der Waals surface area (Å²) >= 11 is 1.53. The number of aromatic amines is 1. The van der Waals surface area contributed by atoms with Crippen molar-refractivity contribution in [2.75, 3.05) is 0 Å². The molecule has 24 heavy (non-hydrogen) atoms. The van der Waals surface area contributed by atoms with E-state index in [4.69, 9.17) is 9.26 Å². The molecule has 0 saturated carbocycles. The molecule has 124 valence electrons. The highest BCUT2D eigenvalue weighted by Gasteiger charge is 2.21.